The topological polar surface area (TPSA) is 61.9 Å². The quantitative estimate of drug-likeness (QED) is 0.868. The highest BCUT2D eigenvalue weighted by Crippen LogP contribution is 2.20. The van der Waals surface area contributed by atoms with Crippen molar-refractivity contribution in [2.45, 2.75) is 25.4 Å². The van der Waals surface area contributed by atoms with Crippen molar-refractivity contribution in [2.24, 2.45) is 0 Å². The van der Waals surface area contributed by atoms with Crippen LogP contribution in [-0.4, -0.2) is 60.6 Å². The van der Waals surface area contributed by atoms with E-state index >= 15 is 0 Å². The van der Waals surface area contributed by atoms with E-state index in [1.165, 1.54) is 5.56 Å². The molecule has 0 aliphatic carbocycles. The monoisotopic (exact) mass is 393 g/mol. The van der Waals surface area contributed by atoms with Crippen LogP contribution in [0.5, 0.6) is 0 Å². The third kappa shape index (κ3) is 4.77. The molecule has 2 saturated heterocycles. The van der Waals surface area contributed by atoms with Gasteiger partial charge in [-0.25, -0.2) is 4.79 Å². The molecule has 1 N–H and O–H groups in total. The van der Waals surface area contributed by atoms with Crippen molar-refractivity contribution in [1.82, 2.24) is 9.80 Å². The molecule has 1 atom stereocenters. The molecule has 2 fully saturated rings. The number of rotatable bonds is 4. The molecule has 1 unspecified atom stereocenters. The SMILES string of the molecule is O=C(Nc1ccccc1Cc1ccccc1)N1CCN(C(=O)C2CCCO2)CC1. The van der Waals surface area contributed by atoms with Gasteiger partial charge >= 0.3 is 6.03 Å². The van der Waals surface area contributed by atoms with Crippen LogP contribution in [0.1, 0.15) is 24.0 Å². The maximum atomic E-state index is 12.8. The Kier molecular flexibility index (Phi) is 6.10. The molecule has 0 saturated carbocycles. The molecule has 0 bridgehead atoms. The lowest BCUT2D eigenvalue weighted by Gasteiger charge is -2.35. The first-order valence-corrected chi connectivity index (χ1v) is 10.3. The van der Waals surface area contributed by atoms with Crippen molar-refractivity contribution in [3.8, 4) is 0 Å². The van der Waals surface area contributed by atoms with Gasteiger partial charge in [0.1, 0.15) is 6.10 Å². The average Bonchev–Trinajstić information content (AvgIpc) is 3.30. The molecule has 6 nitrogen and oxygen atoms in total. The van der Waals surface area contributed by atoms with Gasteiger partial charge in [0.2, 0.25) is 0 Å². The highest BCUT2D eigenvalue weighted by atomic mass is 16.5. The van der Waals surface area contributed by atoms with E-state index in [-0.39, 0.29) is 18.0 Å². The minimum absolute atomic E-state index is 0.0655. The fourth-order valence-electron chi connectivity index (χ4n) is 3.91. The van der Waals surface area contributed by atoms with Gasteiger partial charge in [-0.3, -0.25) is 4.79 Å². The number of carbonyl (C=O) groups is 2. The summed E-state index contributed by atoms with van der Waals surface area (Å²) >= 11 is 0. The molecule has 0 spiro atoms. The Labute approximate surface area is 171 Å². The maximum absolute atomic E-state index is 12.8. The molecule has 152 valence electrons. The van der Waals surface area contributed by atoms with Crippen LogP contribution in [-0.2, 0) is 16.0 Å². The Balaban J connectivity index is 1.34. The predicted octanol–water partition coefficient (Wildman–Crippen LogP) is 3.13. The minimum atomic E-state index is -0.291. The van der Waals surface area contributed by atoms with E-state index in [0.29, 0.717) is 32.8 Å². The summed E-state index contributed by atoms with van der Waals surface area (Å²) in [6, 6.07) is 18.0. The first-order chi connectivity index (χ1) is 14.2. The van der Waals surface area contributed by atoms with Gasteiger partial charge in [-0.15, -0.1) is 0 Å². The summed E-state index contributed by atoms with van der Waals surface area (Å²) in [5.74, 6) is 0.0655. The van der Waals surface area contributed by atoms with Crippen LogP contribution in [0.15, 0.2) is 54.6 Å². The van der Waals surface area contributed by atoms with Crippen LogP contribution in [0.2, 0.25) is 0 Å². The summed E-state index contributed by atoms with van der Waals surface area (Å²) in [5.41, 5.74) is 3.12. The molecule has 2 aromatic rings. The summed E-state index contributed by atoms with van der Waals surface area (Å²) in [4.78, 5) is 28.9. The zero-order valence-corrected chi connectivity index (χ0v) is 16.5. The molecule has 4 rings (SSSR count). The second-order valence-electron chi connectivity index (χ2n) is 7.56. The van der Waals surface area contributed by atoms with Crippen molar-refractivity contribution < 1.29 is 14.3 Å². The second kappa shape index (κ2) is 9.09. The standard InChI is InChI=1S/C23H27N3O3/c27-22(21-11-6-16-29-21)25-12-14-26(15-13-25)23(28)24-20-10-5-4-9-19(20)17-18-7-2-1-3-8-18/h1-5,7-10,21H,6,11-17H2,(H,24,28). The van der Waals surface area contributed by atoms with Crippen LogP contribution in [0.4, 0.5) is 10.5 Å². The van der Waals surface area contributed by atoms with Crippen molar-refractivity contribution in [1.29, 1.82) is 0 Å². The smallest absolute Gasteiger partial charge is 0.321 e. The van der Waals surface area contributed by atoms with Gasteiger partial charge in [0.05, 0.1) is 0 Å². The number of amides is 3. The fourth-order valence-corrected chi connectivity index (χ4v) is 3.91. The molecule has 2 heterocycles. The van der Waals surface area contributed by atoms with E-state index in [1.807, 2.05) is 47.4 Å². The molecule has 6 heteroatoms. The Morgan fingerprint density at radius 2 is 1.62 bits per heavy atom. The lowest BCUT2D eigenvalue weighted by molar-refractivity contribution is -0.142. The molecule has 2 aromatic carbocycles. The highest BCUT2D eigenvalue weighted by molar-refractivity contribution is 5.90. The van der Waals surface area contributed by atoms with Gasteiger partial charge in [-0.1, -0.05) is 48.5 Å². The number of para-hydroxylation sites is 1. The summed E-state index contributed by atoms with van der Waals surface area (Å²) in [6.07, 6.45) is 2.22. The van der Waals surface area contributed by atoms with E-state index in [1.54, 1.807) is 4.90 Å². The maximum Gasteiger partial charge on any atom is 0.321 e. The van der Waals surface area contributed by atoms with Crippen molar-refractivity contribution in [3.63, 3.8) is 0 Å². The normalized spacial score (nSPS) is 19.2. The summed E-state index contributed by atoms with van der Waals surface area (Å²) in [7, 11) is 0. The molecule has 2 aliphatic rings. The minimum Gasteiger partial charge on any atom is -0.368 e. The fraction of sp³-hybridized carbons (Fsp3) is 0.391. The predicted molar refractivity (Wildman–Crippen MR) is 112 cm³/mol. The van der Waals surface area contributed by atoms with Gasteiger partial charge in [-0.05, 0) is 36.5 Å². The number of benzene rings is 2. The number of ether oxygens (including phenoxy) is 1. The number of nitrogens with zero attached hydrogens (tertiary/aromatic N) is 2. The lowest BCUT2D eigenvalue weighted by Crippen LogP contribution is -2.53. The Morgan fingerprint density at radius 1 is 0.931 bits per heavy atom. The van der Waals surface area contributed by atoms with Gasteiger partial charge in [0, 0.05) is 38.5 Å². The van der Waals surface area contributed by atoms with Crippen LogP contribution in [0.25, 0.3) is 0 Å². The molecule has 0 radical (unpaired) electrons. The molecule has 29 heavy (non-hydrogen) atoms. The van der Waals surface area contributed by atoms with Crippen LogP contribution in [0.3, 0.4) is 0 Å². The van der Waals surface area contributed by atoms with Gasteiger partial charge < -0.3 is 19.9 Å². The highest BCUT2D eigenvalue weighted by Gasteiger charge is 2.31. The number of nitrogens with one attached hydrogen (secondary N) is 1. The third-order valence-corrected chi connectivity index (χ3v) is 5.58. The van der Waals surface area contributed by atoms with Gasteiger partial charge in [0.25, 0.3) is 5.91 Å². The second-order valence-corrected chi connectivity index (χ2v) is 7.56. The number of urea groups is 1. The van der Waals surface area contributed by atoms with E-state index in [0.717, 1.165) is 30.5 Å². The van der Waals surface area contributed by atoms with Gasteiger partial charge in [0.15, 0.2) is 0 Å². The van der Waals surface area contributed by atoms with Crippen molar-refractivity contribution in [2.75, 3.05) is 38.1 Å². The largest absolute Gasteiger partial charge is 0.368 e. The van der Waals surface area contributed by atoms with Crippen LogP contribution < -0.4 is 5.32 Å². The molecule has 2 aliphatic heterocycles. The lowest BCUT2D eigenvalue weighted by atomic mass is 10.0. The van der Waals surface area contributed by atoms with E-state index < -0.39 is 0 Å². The molecular formula is C23H27N3O3. The van der Waals surface area contributed by atoms with E-state index in [4.69, 9.17) is 4.74 Å². The number of anilines is 1. The van der Waals surface area contributed by atoms with E-state index in [9.17, 15) is 9.59 Å². The number of carbonyl (C=O) groups excluding carboxylic acids is 2. The van der Waals surface area contributed by atoms with Crippen molar-refractivity contribution in [3.05, 3.63) is 65.7 Å². The summed E-state index contributed by atoms with van der Waals surface area (Å²) < 4.78 is 5.50. The average molecular weight is 393 g/mol. The molecule has 0 aromatic heterocycles. The van der Waals surface area contributed by atoms with Crippen LogP contribution >= 0.6 is 0 Å². The zero-order chi connectivity index (χ0) is 20.1. The Bertz CT molecular complexity index is 841. The molecule has 3 amide bonds. The summed E-state index contributed by atoms with van der Waals surface area (Å²) in [6.45, 7) is 2.84. The Morgan fingerprint density at radius 3 is 2.34 bits per heavy atom. The number of hydrogen-bond donors (Lipinski definition) is 1. The van der Waals surface area contributed by atoms with Gasteiger partial charge in [-0.2, -0.15) is 0 Å². The summed E-state index contributed by atoms with van der Waals surface area (Å²) in [5, 5.41) is 3.06. The number of hydrogen-bond acceptors (Lipinski definition) is 3. The Hall–Kier alpha value is -2.86. The first kappa shape index (κ1) is 19.5. The number of piperazine rings is 1. The van der Waals surface area contributed by atoms with Crippen LogP contribution in [0, 0.1) is 0 Å². The van der Waals surface area contributed by atoms with E-state index in [2.05, 4.69) is 17.4 Å². The first-order valence-electron chi connectivity index (χ1n) is 10.3. The molecular weight excluding hydrogens is 366 g/mol. The van der Waals surface area contributed by atoms with Crippen molar-refractivity contribution >= 4 is 17.6 Å². The zero-order valence-electron chi connectivity index (χ0n) is 16.5. The third-order valence-electron chi connectivity index (χ3n) is 5.58.